The number of fused-ring (bicyclic) bond motifs is 1. The Labute approximate surface area is 220 Å². The van der Waals surface area contributed by atoms with Gasteiger partial charge in [-0.3, -0.25) is 14.5 Å². The number of benzene rings is 3. The summed E-state index contributed by atoms with van der Waals surface area (Å²) in [5, 5.41) is 4.32. The summed E-state index contributed by atoms with van der Waals surface area (Å²) in [4.78, 5) is 32.7. The molecule has 1 saturated heterocycles. The van der Waals surface area contributed by atoms with Gasteiger partial charge in [-0.05, 0) is 54.6 Å². The molecule has 0 saturated carbocycles. The van der Waals surface area contributed by atoms with E-state index < -0.39 is 0 Å². The lowest BCUT2D eigenvalue weighted by Gasteiger charge is -2.36. The van der Waals surface area contributed by atoms with Crippen molar-refractivity contribution in [1.29, 1.82) is 0 Å². The average Bonchev–Trinajstić information content (AvgIpc) is 2.87. The van der Waals surface area contributed by atoms with E-state index >= 15 is 0 Å². The van der Waals surface area contributed by atoms with Crippen LogP contribution in [0.5, 0.6) is 0 Å². The molecule has 0 spiro atoms. The molecule has 9 heteroatoms. The van der Waals surface area contributed by atoms with Crippen molar-refractivity contribution < 1.29 is 9.59 Å². The molecule has 5 rings (SSSR count). The lowest BCUT2D eigenvalue weighted by atomic mass is 10.1. The van der Waals surface area contributed by atoms with Crippen LogP contribution >= 0.6 is 23.2 Å². The molecular weight excluding hydrogens is 497 g/mol. The maximum Gasteiger partial charge on any atom is 0.261 e. The Morgan fingerprint density at radius 2 is 1.53 bits per heavy atom. The van der Waals surface area contributed by atoms with E-state index in [-0.39, 0.29) is 11.8 Å². The second-order valence-electron chi connectivity index (χ2n) is 9.04. The van der Waals surface area contributed by atoms with Crippen molar-refractivity contribution in [3.8, 4) is 0 Å². The lowest BCUT2D eigenvalue weighted by molar-refractivity contribution is -0.129. The zero-order valence-electron chi connectivity index (χ0n) is 20.2. The summed E-state index contributed by atoms with van der Waals surface area (Å²) in [7, 11) is 1.94. The first-order valence-electron chi connectivity index (χ1n) is 11.8. The number of rotatable bonds is 4. The molecule has 2 aliphatic heterocycles. The summed E-state index contributed by atoms with van der Waals surface area (Å²) in [6.45, 7) is 5.11. The Balaban J connectivity index is 1.30. The number of halogens is 2. The monoisotopic (exact) mass is 523 g/mol. The van der Waals surface area contributed by atoms with Gasteiger partial charge in [-0.2, -0.15) is 0 Å². The van der Waals surface area contributed by atoms with Crippen molar-refractivity contribution in [2.24, 2.45) is 0 Å². The fraction of sp³-hybridized carbons (Fsp3) is 0.259. The molecule has 0 unspecified atom stereocenters. The predicted molar refractivity (Wildman–Crippen MR) is 147 cm³/mol. The fourth-order valence-corrected chi connectivity index (χ4v) is 5.33. The highest BCUT2D eigenvalue weighted by atomic mass is 35.5. The summed E-state index contributed by atoms with van der Waals surface area (Å²) >= 11 is 12.7. The molecule has 36 heavy (non-hydrogen) atoms. The quantitative estimate of drug-likeness (QED) is 0.492. The molecular formula is C27H27Cl2N5O2. The van der Waals surface area contributed by atoms with E-state index in [4.69, 9.17) is 23.2 Å². The van der Waals surface area contributed by atoms with Crippen LogP contribution in [0.2, 0.25) is 10.0 Å². The Bertz CT molecular complexity index is 1290. The maximum atomic E-state index is 13.3. The van der Waals surface area contributed by atoms with Crippen LogP contribution in [0.1, 0.15) is 17.3 Å². The summed E-state index contributed by atoms with van der Waals surface area (Å²) in [6, 6.07) is 19.2. The van der Waals surface area contributed by atoms with Gasteiger partial charge in [-0.25, -0.2) is 0 Å². The van der Waals surface area contributed by atoms with Gasteiger partial charge in [-0.1, -0.05) is 29.3 Å². The first-order valence-corrected chi connectivity index (χ1v) is 12.6. The van der Waals surface area contributed by atoms with E-state index in [9.17, 15) is 9.59 Å². The SMILES string of the molecule is CC(=O)N1CCN(c2ccc(Nc3ccc4c(c3)N(C)CN(c3c(Cl)cccc3Cl)C4=O)cc2)CC1. The highest BCUT2D eigenvalue weighted by Gasteiger charge is 2.31. The Morgan fingerprint density at radius 1 is 0.889 bits per heavy atom. The number of carbonyl (C=O) groups is 2. The van der Waals surface area contributed by atoms with Crippen molar-refractivity contribution >= 4 is 63.5 Å². The molecule has 1 N–H and O–H groups in total. The van der Waals surface area contributed by atoms with E-state index in [1.165, 1.54) is 0 Å². The molecule has 2 aliphatic rings. The normalized spacial score (nSPS) is 15.7. The van der Waals surface area contributed by atoms with E-state index in [0.29, 0.717) is 28.0 Å². The maximum absolute atomic E-state index is 13.3. The molecule has 7 nitrogen and oxygen atoms in total. The zero-order chi connectivity index (χ0) is 25.4. The van der Waals surface area contributed by atoms with Gasteiger partial charge in [0.15, 0.2) is 0 Å². The Kier molecular flexibility index (Phi) is 6.69. The first-order chi connectivity index (χ1) is 17.3. The minimum Gasteiger partial charge on any atom is -0.368 e. The fourth-order valence-electron chi connectivity index (χ4n) is 4.72. The van der Waals surface area contributed by atoms with Gasteiger partial charge in [0.05, 0.1) is 33.7 Å². The number of carbonyl (C=O) groups excluding carboxylic acids is 2. The second-order valence-corrected chi connectivity index (χ2v) is 9.85. The van der Waals surface area contributed by atoms with E-state index in [0.717, 1.165) is 48.9 Å². The molecule has 0 bridgehead atoms. The summed E-state index contributed by atoms with van der Waals surface area (Å²) < 4.78 is 0. The summed E-state index contributed by atoms with van der Waals surface area (Å²) in [5.74, 6) is -0.00849. The minimum atomic E-state index is -0.140. The van der Waals surface area contributed by atoms with Crippen molar-refractivity contribution in [3.05, 3.63) is 76.3 Å². The molecule has 2 amide bonds. The van der Waals surface area contributed by atoms with Gasteiger partial charge >= 0.3 is 0 Å². The number of nitrogens with one attached hydrogen (secondary N) is 1. The first kappa shape index (κ1) is 24.3. The molecule has 0 atom stereocenters. The Morgan fingerprint density at radius 3 is 2.17 bits per heavy atom. The number of hydrogen-bond acceptors (Lipinski definition) is 5. The van der Waals surface area contributed by atoms with E-state index in [1.807, 2.05) is 47.2 Å². The minimum absolute atomic E-state index is 0.131. The molecule has 186 valence electrons. The molecule has 3 aromatic carbocycles. The number of anilines is 5. The number of para-hydroxylation sites is 1. The van der Waals surface area contributed by atoms with Gasteiger partial charge in [0, 0.05) is 57.2 Å². The predicted octanol–water partition coefficient (Wildman–Crippen LogP) is 5.46. The number of hydrogen-bond donors (Lipinski definition) is 1. The van der Waals surface area contributed by atoms with E-state index in [2.05, 4.69) is 22.3 Å². The van der Waals surface area contributed by atoms with Crippen LogP contribution < -0.4 is 20.0 Å². The van der Waals surface area contributed by atoms with E-state index in [1.54, 1.807) is 30.0 Å². The molecule has 3 aromatic rings. The summed E-state index contributed by atoms with van der Waals surface area (Å²) in [6.07, 6.45) is 0. The van der Waals surface area contributed by atoms with Gasteiger partial charge in [0.25, 0.3) is 5.91 Å². The lowest BCUT2D eigenvalue weighted by Crippen LogP contribution is -2.48. The van der Waals surface area contributed by atoms with Gasteiger partial charge in [-0.15, -0.1) is 0 Å². The van der Waals surface area contributed by atoms with Crippen LogP contribution in [0.25, 0.3) is 0 Å². The van der Waals surface area contributed by atoms with Gasteiger partial charge in [0.1, 0.15) is 0 Å². The van der Waals surface area contributed by atoms with Crippen LogP contribution in [-0.2, 0) is 4.79 Å². The molecule has 0 radical (unpaired) electrons. The van der Waals surface area contributed by atoms with Crippen molar-refractivity contribution in [2.45, 2.75) is 6.92 Å². The Hall–Kier alpha value is -3.42. The molecule has 1 fully saturated rings. The number of nitrogens with zero attached hydrogens (tertiary/aromatic N) is 4. The topological polar surface area (TPSA) is 59.1 Å². The van der Waals surface area contributed by atoms with Crippen LogP contribution in [0, 0.1) is 0 Å². The van der Waals surface area contributed by atoms with Crippen LogP contribution in [0.15, 0.2) is 60.7 Å². The van der Waals surface area contributed by atoms with Crippen molar-refractivity contribution in [2.75, 3.05) is 59.9 Å². The third kappa shape index (κ3) is 4.68. The van der Waals surface area contributed by atoms with Gasteiger partial charge < -0.3 is 20.0 Å². The second kappa shape index (κ2) is 9.91. The zero-order valence-corrected chi connectivity index (χ0v) is 21.7. The average molecular weight is 524 g/mol. The number of piperazine rings is 1. The van der Waals surface area contributed by atoms with Crippen molar-refractivity contribution in [1.82, 2.24) is 4.90 Å². The summed E-state index contributed by atoms with van der Waals surface area (Å²) in [5.41, 5.74) is 4.93. The number of amides is 2. The molecule has 2 heterocycles. The van der Waals surface area contributed by atoms with Crippen LogP contribution in [-0.4, -0.2) is 56.6 Å². The van der Waals surface area contributed by atoms with Crippen molar-refractivity contribution in [3.63, 3.8) is 0 Å². The van der Waals surface area contributed by atoms with Gasteiger partial charge in [0.2, 0.25) is 5.91 Å². The highest BCUT2D eigenvalue weighted by molar-refractivity contribution is 6.40. The standard InChI is InChI=1S/C27H27Cl2N5O2/c1-18(35)32-12-14-33(15-13-32)21-9-6-19(7-10-21)30-20-8-11-22-25(16-20)31(2)17-34(27(22)36)26-23(28)4-3-5-24(26)29/h3-11,16,30H,12-15,17H2,1-2H3. The smallest absolute Gasteiger partial charge is 0.261 e. The van der Waals surface area contributed by atoms with Crippen LogP contribution in [0.4, 0.5) is 28.4 Å². The van der Waals surface area contributed by atoms with Crippen LogP contribution in [0.3, 0.4) is 0 Å². The molecule has 0 aromatic heterocycles. The highest BCUT2D eigenvalue weighted by Crippen LogP contribution is 2.39. The largest absolute Gasteiger partial charge is 0.368 e. The third-order valence-electron chi connectivity index (χ3n) is 6.69. The molecule has 0 aliphatic carbocycles. The third-order valence-corrected chi connectivity index (χ3v) is 7.30.